The normalized spacial score (nSPS) is 25.1. The lowest BCUT2D eigenvalue weighted by Crippen LogP contribution is -2.46. The van der Waals surface area contributed by atoms with Gasteiger partial charge in [0.25, 0.3) is 0 Å². The first kappa shape index (κ1) is 15.4. The van der Waals surface area contributed by atoms with Crippen LogP contribution in [0.2, 0.25) is 0 Å². The first-order chi connectivity index (χ1) is 8.61. The maximum Gasteiger partial charge on any atom is 0.305 e. The molecule has 18 heavy (non-hydrogen) atoms. The van der Waals surface area contributed by atoms with Gasteiger partial charge in [0.2, 0.25) is 0 Å². The first-order valence-corrected chi connectivity index (χ1v) is 7.25. The molecule has 0 spiro atoms. The molecule has 1 rings (SSSR count). The molecule has 0 aromatic carbocycles. The van der Waals surface area contributed by atoms with Crippen LogP contribution in [0.5, 0.6) is 0 Å². The summed E-state index contributed by atoms with van der Waals surface area (Å²) in [6.45, 7) is 7.92. The van der Waals surface area contributed by atoms with Gasteiger partial charge in [-0.05, 0) is 38.6 Å². The van der Waals surface area contributed by atoms with E-state index < -0.39 is 0 Å². The van der Waals surface area contributed by atoms with Crippen molar-refractivity contribution in [2.45, 2.75) is 52.0 Å². The average molecular weight is 256 g/mol. The molecule has 0 aromatic rings. The van der Waals surface area contributed by atoms with Crippen molar-refractivity contribution < 1.29 is 9.53 Å². The van der Waals surface area contributed by atoms with Crippen LogP contribution in [0.4, 0.5) is 0 Å². The summed E-state index contributed by atoms with van der Waals surface area (Å²) >= 11 is 0. The second-order valence-corrected chi connectivity index (χ2v) is 5.48. The van der Waals surface area contributed by atoms with E-state index in [0.29, 0.717) is 25.0 Å². The van der Waals surface area contributed by atoms with Crippen molar-refractivity contribution in [2.75, 3.05) is 26.2 Å². The van der Waals surface area contributed by atoms with Crippen molar-refractivity contribution in [3.8, 4) is 0 Å². The van der Waals surface area contributed by atoms with Crippen LogP contribution in [-0.4, -0.2) is 43.2 Å². The number of carbonyl (C=O) groups is 1. The minimum absolute atomic E-state index is 0.0638. The van der Waals surface area contributed by atoms with Crippen molar-refractivity contribution >= 4 is 5.97 Å². The fourth-order valence-electron chi connectivity index (χ4n) is 2.71. The van der Waals surface area contributed by atoms with Gasteiger partial charge in [0.1, 0.15) is 0 Å². The molecule has 1 aliphatic heterocycles. The lowest BCUT2D eigenvalue weighted by atomic mass is 9.96. The second-order valence-electron chi connectivity index (χ2n) is 5.48. The number of nitrogens with two attached hydrogens (primary N) is 1. The summed E-state index contributed by atoms with van der Waals surface area (Å²) in [4.78, 5) is 13.6. The Balaban J connectivity index is 2.02. The Morgan fingerprint density at radius 3 is 2.78 bits per heavy atom. The molecule has 1 aliphatic rings. The fraction of sp³-hybridized carbons (Fsp3) is 0.929. The molecule has 2 atom stereocenters. The van der Waals surface area contributed by atoms with Crippen LogP contribution in [0.1, 0.15) is 46.0 Å². The van der Waals surface area contributed by atoms with Crippen LogP contribution in [0.25, 0.3) is 0 Å². The number of piperidine rings is 1. The summed E-state index contributed by atoms with van der Waals surface area (Å²) in [5.41, 5.74) is 6.02. The minimum Gasteiger partial charge on any atom is -0.466 e. The number of esters is 1. The monoisotopic (exact) mass is 256 g/mol. The van der Waals surface area contributed by atoms with Gasteiger partial charge in [-0.25, -0.2) is 0 Å². The van der Waals surface area contributed by atoms with Crippen molar-refractivity contribution in [1.29, 1.82) is 0 Å². The Hall–Kier alpha value is -0.610. The zero-order valence-corrected chi connectivity index (χ0v) is 11.9. The number of carbonyl (C=O) groups excluding carboxylic acids is 1. The molecule has 1 saturated heterocycles. The third kappa shape index (κ3) is 6.36. The Labute approximate surface area is 111 Å². The topological polar surface area (TPSA) is 55.6 Å². The van der Waals surface area contributed by atoms with Crippen molar-refractivity contribution in [2.24, 2.45) is 11.7 Å². The van der Waals surface area contributed by atoms with E-state index in [9.17, 15) is 4.79 Å². The second kappa shape index (κ2) is 8.48. The van der Waals surface area contributed by atoms with E-state index in [1.807, 2.05) is 6.92 Å². The van der Waals surface area contributed by atoms with E-state index in [2.05, 4.69) is 11.8 Å². The van der Waals surface area contributed by atoms with Gasteiger partial charge >= 0.3 is 5.97 Å². The van der Waals surface area contributed by atoms with Gasteiger partial charge in [-0.3, -0.25) is 4.79 Å². The third-order valence-corrected chi connectivity index (χ3v) is 3.43. The van der Waals surface area contributed by atoms with Gasteiger partial charge in [-0.15, -0.1) is 0 Å². The van der Waals surface area contributed by atoms with Gasteiger partial charge < -0.3 is 15.4 Å². The standard InChI is InChI=1S/C14H28N2O2/c1-3-18-14(17)7-5-4-6-8-16-10-12(2)9-13(15)11-16/h12-13H,3-11,15H2,1-2H3. The molecule has 0 radical (unpaired) electrons. The Morgan fingerprint density at radius 1 is 1.33 bits per heavy atom. The Bertz CT molecular complexity index is 236. The van der Waals surface area contributed by atoms with Gasteiger partial charge in [-0.2, -0.15) is 0 Å². The lowest BCUT2D eigenvalue weighted by molar-refractivity contribution is -0.143. The van der Waals surface area contributed by atoms with Gasteiger partial charge in [0, 0.05) is 25.6 Å². The molecular formula is C14H28N2O2. The molecule has 106 valence electrons. The number of hydrogen-bond acceptors (Lipinski definition) is 4. The minimum atomic E-state index is -0.0638. The fourth-order valence-corrected chi connectivity index (χ4v) is 2.71. The number of nitrogens with zero attached hydrogens (tertiary/aromatic N) is 1. The molecule has 1 fully saturated rings. The highest BCUT2D eigenvalue weighted by molar-refractivity contribution is 5.69. The molecule has 0 aromatic heterocycles. The van der Waals surface area contributed by atoms with E-state index in [1.165, 1.54) is 6.54 Å². The van der Waals surface area contributed by atoms with Crippen LogP contribution >= 0.6 is 0 Å². The molecule has 2 N–H and O–H groups in total. The number of rotatable bonds is 7. The summed E-state index contributed by atoms with van der Waals surface area (Å²) < 4.78 is 4.90. The van der Waals surface area contributed by atoms with Crippen LogP contribution in [0.3, 0.4) is 0 Å². The molecule has 0 aliphatic carbocycles. The lowest BCUT2D eigenvalue weighted by Gasteiger charge is -2.34. The summed E-state index contributed by atoms with van der Waals surface area (Å²) in [7, 11) is 0. The van der Waals surface area contributed by atoms with E-state index in [0.717, 1.165) is 38.8 Å². The molecule has 4 nitrogen and oxygen atoms in total. The van der Waals surface area contributed by atoms with Crippen molar-refractivity contribution in [1.82, 2.24) is 4.90 Å². The van der Waals surface area contributed by atoms with Crippen molar-refractivity contribution in [3.63, 3.8) is 0 Å². The molecule has 4 heteroatoms. The Kier molecular flexibility index (Phi) is 7.28. The maximum absolute atomic E-state index is 11.1. The molecular weight excluding hydrogens is 228 g/mol. The largest absolute Gasteiger partial charge is 0.466 e. The summed E-state index contributed by atoms with van der Waals surface area (Å²) in [6.07, 6.45) is 4.90. The highest BCUT2D eigenvalue weighted by Crippen LogP contribution is 2.15. The number of hydrogen-bond donors (Lipinski definition) is 1. The average Bonchev–Trinajstić information content (AvgIpc) is 2.27. The summed E-state index contributed by atoms with van der Waals surface area (Å²) in [5.74, 6) is 0.652. The zero-order chi connectivity index (χ0) is 13.4. The first-order valence-electron chi connectivity index (χ1n) is 7.25. The molecule has 2 unspecified atom stereocenters. The van der Waals surface area contributed by atoms with E-state index >= 15 is 0 Å². The van der Waals surface area contributed by atoms with Gasteiger partial charge in [-0.1, -0.05) is 13.3 Å². The highest BCUT2D eigenvalue weighted by atomic mass is 16.5. The van der Waals surface area contributed by atoms with E-state index in [4.69, 9.17) is 10.5 Å². The number of ether oxygens (including phenoxy) is 1. The van der Waals surface area contributed by atoms with Gasteiger partial charge in [0.05, 0.1) is 6.61 Å². The zero-order valence-electron chi connectivity index (χ0n) is 11.9. The molecule has 0 bridgehead atoms. The number of likely N-dealkylation sites (tertiary alicyclic amines) is 1. The van der Waals surface area contributed by atoms with Gasteiger partial charge in [0.15, 0.2) is 0 Å². The summed E-state index contributed by atoms with van der Waals surface area (Å²) in [6, 6.07) is 0.341. The van der Waals surface area contributed by atoms with Crippen molar-refractivity contribution in [3.05, 3.63) is 0 Å². The number of unbranched alkanes of at least 4 members (excludes halogenated alkanes) is 2. The third-order valence-electron chi connectivity index (χ3n) is 3.43. The SMILES string of the molecule is CCOC(=O)CCCCCN1CC(C)CC(N)C1. The van der Waals surface area contributed by atoms with Crippen LogP contribution in [0.15, 0.2) is 0 Å². The molecule has 1 heterocycles. The summed E-state index contributed by atoms with van der Waals surface area (Å²) in [5, 5.41) is 0. The molecule has 0 saturated carbocycles. The quantitative estimate of drug-likeness (QED) is 0.557. The maximum atomic E-state index is 11.1. The van der Waals surface area contributed by atoms with Crippen LogP contribution < -0.4 is 5.73 Å². The predicted molar refractivity (Wildman–Crippen MR) is 73.3 cm³/mol. The van der Waals surface area contributed by atoms with Crippen LogP contribution in [-0.2, 0) is 9.53 Å². The smallest absolute Gasteiger partial charge is 0.305 e. The Morgan fingerprint density at radius 2 is 2.11 bits per heavy atom. The van der Waals surface area contributed by atoms with E-state index in [-0.39, 0.29) is 5.97 Å². The van der Waals surface area contributed by atoms with Crippen LogP contribution in [0, 0.1) is 5.92 Å². The van der Waals surface area contributed by atoms with E-state index in [1.54, 1.807) is 0 Å². The molecule has 0 amide bonds. The predicted octanol–water partition coefficient (Wildman–Crippen LogP) is 1.78. The highest BCUT2D eigenvalue weighted by Gasteiger charge is 2.21.